The highest BCUT2D eigenvalue weighted by atomic mass is 16.5. The number of hydrogen-bond donors (Lipinski definition) is 1. The average molecular weight is 298 g/mol. The van der Waals surface area contributed by atoms with E-state index in [1.165, 1.54) is 0 Å². The van der Waals surface area contributed by atoms with E-state index in [2.05, 4.69) is 12.2 Å². The Labute approximate surface area is 128 Å². The highest BCUT2D eigenvalue weighted by Crippen LogP contribution is 2.17. The number of unbranched alkanes of at least 4 members (excludes halogenated alkanes) is 1. The molecule has 5 heteroatoms. The molecule has 0 aromatic carbocycles. The number of nitrogens with one attached hydrogen (secondary N) is 1. The van der Waals surface area contributed by atoms with Gasteiger partial charge in [0.25, 0.3) is 0 Å². The molecule has 1 fully saturated rings. The first-order valence-electron chi connectivity index (χ1n) is 8.18. The summed E-state index contributed by atoms with van der Waals surface area (Å²) >= 11 is 0. The summed E-state index contributed by atoms with van der Waals surface area (Å²) in [5.41, 5.74) is 0. The average Bonchev–Trinajstić information content (AvgIpc) is 2.56. The van der Waals surface area contributed by atoms with Gasteiger partial charge in [-0.15, -0.1) is 0 Å². The summed E-state index contributed by atoms with van der Waals surface area (Å²) in [5.74, 6) is 0.146. The number of carbonyl (C=O) groups is 2. The SMILES string of the molecule is CCCCOCCN1C(=O)C(C(C)CC)NC(=O)CC1C. The van der Waals surface area contributed by atoms with Crippen molar-refractivity contribution < 1.29 is 14.3 Å². The molecule has 3 atom stereocenters. The molecule has 0 radical (unpaired) electrons. The maximum absolute atomic E-state index is 12.7. The minimum atomic E-state index is -0.400. The van der Waals surface area contributed by atoms with E-state index in [1.807, 2.05) is 20.8 Å². The standard InChI is InChI=1S/C16H30N2O3/c1-5-7-9-21-10-8-18-13(4)11-14(19)17-15(16(18)20)12(3)6-2/h12-13,15H,5-11H2,1-4H3,(H,17,19). The lowest BCUT2D eigenvalue weighted by Crippen LogP contribution is -2.50. The third kappa shape index (κ3) is 5.30. The Morgan fingerprint density at radius 3 is 2.67 bits per heavy atom. The van der Waals surface area contributed by atoms with Crippen molar-refractivity contribution in [3.63, 3.8) is 0 Å². The molecule has 1 rings (SSSR count). The van der Waals surface area contributed by atoms with Crippen molar-refractivity contribution in [2.24, 2.45) is 5.92 Å². The van der Waals surface area contributed by atoms with Gasteiger partial charge >= 0.3 is 0 Å². The molecule has 1 heterocycles. The van der Waals surface area contributed by atoms with Crippen molar-refractivity contribution in [3.8, 4) is 0 Å². The number of carbonyl (C=O) groups excluding carboxylic acids is 2. The van der Waals surface area contributed by atoms with E-state index in [9.17, 15) is 9.59 Å². The van der Waals surface area contributed by atoms with Gasteiger partial charge < -0.3 is 15.0 Å². The summed E-state index contributed by atoms with van der Waals surface area (Å²) < 4.78 is 5.56. The first-order valence-corrected chi connectivity index (χ1v) is 8.18. The van der Waals surface area contributed by atoms with Gasteiger partial charge in [-0.2, -0.15) is 0 Å². The first-order chi connectivity index (χ1) is 10.0. The second-order valence-electron chi connectivity index (χ2n) is 5.98. The molecule has 3 unspecified atom stereocenters. The van der Waals surface area contributed by atoms with Crippen LogP contribution in [0, 0.1) is 5.92 Å². The molecule has 0 bridgehead atoms. The molecule has 0 saturated carbocycles. The number of hydrogen-bond acceptors (Lipinski definition) is 3. The minimum absolute atomic E-state index is 0.0294. The van der Waals surface area contributed by atoms with Crippen molar-refractivity contribution in [3.05, 3.63) is 0 Å². The van der Waals surface area contributed by atoms with Gasteiger partial charge in [0.2, 0.25) is 11.8 Å². The van der Waals surface area contributed by atoms with Crippen LogP contribution in [0.1, 0.15) is 53.4 Å². The van der Waals surface area contributed by atoms with Crippen LogP contribution in [0.2, 0.25) is 0 Å². The van der Waals surface area contributed by atoms with Crippen molar-refractivity contribution in [2.45, 2.75) is 65.5 Å². The molecule has 2 amide bonds. The van der Waals surface area contributed by atoms with Crippen LogP contribution in [0.3, 0.4) is 0 Å². The van der Waals surface area contributed by atoms with Gasteiger partial charge in [-0.1, -0.05) is 33.6 Å². The van der Waals surface area contributed by atoms with E-state index in [1.54, 1.807) is 4.90 Å². The molecule has 5 nitrogen and oxygen atoms in total. The zero-order valence-corrected chi connectivity index (χ0v) is 13.9. The lowest BCUT2D eigenvalue weighted by molar-refractivity contribution is -0.137. The van der Waals surface area contributed by atoms with Crippen LogP contribution in [0.25, 0.3) is 0 Å². The van der Waals surface area contributed by atoms with Crippen LogP contribution >= 0.6 is 0 Å². The second kappa shape index (κ2) is 9.03. The molecule has 1 aliphatic rings. The van der Waals surface area contributed by atoms with E-state index >= 15 is 0 Å². The number of amides is 2. The van der Waals surface area contributed by atoms with E-state index < -0.39 is 6.04 Å². The molecule has 0 aromatic rings. The zero-order valence-electron chi connectivity index (χ0n) is 13.9. The molecule has 1 aliphatic heterocycles. The van der Waals surface area contributed by atoms with Crippen molar-refractivity contribution in [1.82, 2.24) is 10.2 Å². The van der Waals surface area contributed by atoms with Gasteiger partial charge in [-0.05, 0) is 19.3 Å². The fourth-order valence-electron chi connectivity index (χ4n) is 2.53. The first kappa shape index (κ1) is 18.0. The topological polar surface area (TPSA) is 58.6 Å². The van der Waals surface area contributed by atoms with Crippen LogP contribution in [0.5, 0.6) is 0 Å². The van der Waals surface area contributed by atoms with Gasteiger partial charge in [-0.25, -0.2) is 0 Å². The normalized spacial score (nSPS) is 24.7. The predicted molar refractivity (Wildman–Crippen MR) is 82.9 cm³/mol. The molecule has 1 N–H and O–H groups in total. The number of rotatable bonds is 8. The van der Waals surface area contributed by atoms with Crippen molar-refractivity contribution >= 4 is 11.8 Å². The highest BCUT2D eigenvalue weighted by molar-refractivity contribution is 5.90. The van der Waals surface area contributed by atoms with Crippen LogP contribution in [0.15, 0.2) is 0 Å². The van der Waals surface area contributed by atoms with Crippen LogP contribution in [0.4, 0.5) is 0 Å². The maximum atomic E-state index is 12.7. The van der Waals surface area contributed by atoms with Gasteiger partial charge in [0.1, 0.15) is 6.04 Å². The summed E-state index contributed by atoms with van der Waals surface area (Å²) in [6.45, 7) is 9.94. The summed E-state index contributed by atoms with van der Waals surface area (Å²) in [6, 6.07) is -0.468. The number of ether oxygens (including phenoxy) is 1. The Morgan fingerprint density at radius 2 is 2.05 bits per heavy atom. The van der Waals surface area contributed by atoms with Gasteiger partial charge in [0.05, 0.1) is 6.61 Å². The number of nitrogens with zero attached hydrogens (tertiary/aromatic N) is 1. The van der Waals surface area contributed by atoms with E-state index in [-0.39, 0.29) is 23.8 Å². The highest BCUT2D eigenvalue weighted by Gasteiger charge is 2.35. The van der Waals surface area contributed by atoms with Crippen molar-refractivity contribution in [2.75, 3.05) is 19.8 Å². The van der Waals surface area contributed by atoms with Crippen LogP contribution < -0.4 is 5.32 Å². The summed E-state index contributed by atoms with van der Waals surface area (Å²) in [5, 5.41) is 2.88. The largest absolute Gasteiger partial charge is 0.380 e. The Bertz CT molecular complexity index is 346. The molecular formula is C16H30N2O3. The lowest BCUT2D eigenvalue weighted by atomic mass is 9.98. The van der Waals surface area contributed by atoms with E-state index in [0.29, 0.717) is 19.6 Å². The van der Waals surface area contributed by atoms with E-state index in [4.69, 9.17) is 4.74 Å². The molecular weight excluding hydrogens is 268 g/mol. The molecule has 0 aliphatic carbocycles. The third-order valence-corrected chi connectivity index (χ3v) is 4.21. The quantitative estimate of drug-likeness (QED) is 0.697. The Kier molecular flexibility index (Phi) is 7.72. The molecule has 122 valence electrons. The molecule has 0 spiro atoms. The second-order valence-corrected chi connectivity index (χ2v) is 5.98. The van der Waals surface area contributed by atoms with E-state index in [0.717, 1.165) is 25.9 Å². The Morgan fingerprint density at radius 1 is 1.33 bits per heavy atom. The molecule has 21 heavy (non-hydrogen) atoms. The summed E-state index contributed by atoms with van der Waals surface area (Å²) in [6.07, 6.45) is 3.38. The van der Waals surface area contributed by atoms with Crippen LogP contribution in [-0.2, 0) is 14.3 Å². The summed E-state index contributed by atoms with van der Waals surface area (Å²) in [4.78, 5) is 26.4. The molecule has 1 saturated heterocycles. The minimum Gasteiger partial charge on any atom is -0.380 e. The third-order valence-electron chi connectivity index (χ3n) is 4.21. The Hall–Kier alpha value is -1.10. The fraction of sp³-hybridized carbons (Fsp3) is 0.875. The maximum Gasteiger partial charge on any atom is 0.245 e. The fourth-order valence-corrected chi connectivity index (χ4v) is 2.53. The smallest absolute Gasteiger partial charge is 0.245 e. The zero-order chi connectivity index (χ0) is 15.8. The van der Waals surface area contributed by atoms with Crippen molar-refractivity contribution in [1.29, 1.82) is 0 Å². The van der Waals surface area contributed by atoms with Gasteiger partial charge in [-0.3, -0.25) is 9.59 Å². The van der Waals surface area contributed by atoms with Crippen LogP contribution in [-0.4, -0.2) is 48.6 Å². The predicted octanol–water partition coefficient (Wildman–Crippen LogP) is 1.95. The monoisotopic (exact) mass is 298 g/mol. The Balaban J connectivity index is 2.65. The molecule has 0 aromatic heterocycles. The van der Waals surface area contributed by atoms with Gasteiger partial charge in [0, 0.05) is 25.6 Å². The van der Waals surface area contributed by atoms with Gasteiger partial charge in [0.15, 0.2) is 0 Å². The lowest BCUT2D eigenvalue weighted by Gasteiger charge is -2.30. The summed E-state index contributed by atoms with van der Waals surface area (Å²) in [7, 11) is 0.